The molecule has 0 aliphatic heterocycles. The fraction of sp³-hybridized carbons (Fsp3) is 0.0833. The Kier molecular flexibility index (Phi) is 5.97. The highest BCUT2D eigenvalue weighted by atomic mass is 79.9. The summed E-state index contributed by atoms with van der Waals surface area (Å²) in [5.74, 6) is 0.498. The molecule has 1 aromatic heterocycles. The number of thiazole rings is 1. The Morgan fingerprint density at radius 2 is 1.97 bits per heavy atom. The van der Waals surface area contributed by atoms with Crippen LogP contribution in [0.2, 0.25) is 0 Å². The largest absolute Gasteiger partial charge is 0.496 e. The van der Waals surface area contributed by atoms with Gasteiger partial charge >= 0.3 is 0 Å². The summed E-state index contributed by atoms with van der Waals surface area (Å²) in [4.78, 5) is 17.3. The van der Waals surface area contributed by atoms with Crippen molar-refractivity contribution in [2.24, 2.45) is 0 Å². The van der Waals surface area contributed by atoms with Crippen LogP contribution in [0, 0.1) is 6.92 Å². The molecule has 0 saturated heterocycles. The summed E-state index contributed by atoms with van der Waals surface area (Å²) in [7, 11) is 1.61. The van der Waals surface area contributed by atoms with Crippen LogP contribution in [0.1, 0.15) is 11.1 Å². The summed E-state index contributed by atoms with van der Waals surface area (Å²) < 4.78 is 7.41. The first kappa shape index (κ1) is 20.3. The van der Waals surface area contributed by atoms with Gasteiger partial charge in [-0.25, -0.2) is 4.98 Å². The molecule has 1 amide bonds. The van der Waals surface area contributed by atoms with Crippen molar-refractivity contribution in [3.63, 3.8) is 0 Å². The Hall–Kier alpha value is -2.96. The Labute approximate surface area is 187 Å². The third-order valence-corrected chi connectivity index (χ3v) is 6.28. The molecule has 4 aromatic rings. The summed E-state index contributed by atoms with van der Waals surface area (Å²) >= 11 is 5.09. The standard InChI is InChI=1S/C24H19BrN2O2S/c1-15-18(24-27-20-7-3-4-9-22(20)30-24)6-5-8-19(15)26-23(28)13-10-16-14-17(25)11-12-21(16)29-2/h3-14H,1-2H3,(H,26,28)/b13-10+. The molecule has 3 aromatic carbocycles. The highest BCUT2D eigenvalue weighted by molar-refractivity contribution is 9.10. The number of nitrogens with zero attached hydrogens (tertiary/aromatic N) is 1. The lowest BCUT2D eigenvalue weighted by Gasteiger charge is -2.10. The van der Waals surface area contributed by atoms with Crippen LogP contribution in [0.25, 0.3) is 26.9 Å². The third kappa shape index (κ3) is 4.30. The number of methoxy groups -OCH3 is 1. The fourth-order valence-corrected chi connectivity index (χ4v) is 4.59. The number of carbonyl (C=O) groups is 1. The monoisotopic (exact) mass is 478 g/mol. The molecular formula is C24H19BrN2O2S. The molecule has 0 bridgehead atoms. The topological polar surface area (TPSA) is 51.2 Å². The van der Waals surface area contributed by atoms with E-state index in [1.54, 1.807) is 24.5 Å². The van der Waals surface area contributed by atoms with Gasteiger partial charge in [0.15, 0.2) is 0 Å². The molecular weight excluding hydrogens is 460 g/mol. The first-order valence-electron chi connectivity index (χ1n) is 9.33. The Bertz CT molecular complexity index is 1230. The number of carbonyl (C=O) groups excluding carboxylic acids is 1. The van der Waals surface area contributed by atoms with Crippen molar-refractivity contribution in [3.8, 4) is 16.3 Å². The van der Waals surface area contributed by atoms with E-state index in [1.807, 2.05) is 61.5 Å². The van der Waals surface area contributed by atoms with Gasteiger partial charge in [0.05, 0.1) is 17.3 Å². The number of nitrogens with one attached hydrogen (secondary N) is 1. The summed E-state index contributed by atoms with van der Waals surface area (Å²) in [6, 6.07) is 19.6. The van der Waals surface area contributed by atoms with Gasteiger partial charge in [-0.05, 0) is 55.0 Å². The molecule has 0 atom stereocenters. The number of hydrogen-bond acceptors (Lipinski definition) is 4. The van der Waals surface area contributed by atoms with Crippen molar-refractivity contribution in [2.75, 3.05) is 12.4 Å². The van der Waals surface area contributed by atoms with Crippen LogP contribution in [0.5, 0.6) is 5.75 Å². The predicted molar refractivity (Wildman–Crippen MR) is 128 cm³/mol. The molecule has 0 aliphatic rings. The zero-order valence-electron chi connectivity index (χ0n) is 16.5. The SMILES string of the molecule is COc1ccc(Br)cc1/C=C/C(=O)Nc1cccc(-c2nc3ccccc3s2)c1C. The summed E-state index contributed by atoms with van der Waals surface area (Å²) in [6.45, 7) is 2.00. The lowest BCUT2D eigenvalue weighted by Crippen LogP contribution is -2.09. The van der Waals surface area contributed by atoms with Gasteiger partial charge in [0, 0.05) is 27.4 Å². The molecule has 0 saturated carbocycles. The maximum atomic E-state index is 12.5. The number of amides is 1. The van der Waals surface area contributed by atoms with Gasteiger partial charge in [0.25, 0.3) is 0 Å². The van der Waals surface area contributed by atoms with E-state index in [1.165, 1.54) is 6.08 Å². The molecule has 4 rings (SSSR count). The van der Waals surface area contributed by atoms with Gasteiger partial charge < -0.3 is 10.1 Å². The van der Waals surface area contributed by atoms with Crippen LogP contribution in [-0.2, 0) is 4.79 Å². The first-order chi connectivity index (χ1) is 14.5. The van der Waals surface area contributed by atoms with E-state index < -0.39 is 0 Å². The van der Waals surface area contributed by atoms with Gasteiger partial charge in [-0.2, -0.15) is 0 Å². The van der Waals surface area contributed by atoms with Gasteiger partial charge in [0.1, 0.15) is 10.8 Å². The van der Waals surface area contributed by atoms with Crippen LogP contribution < -0.4 is 10.1 Å². The molecule has 30 heavy (non-hydrogen) atoms. The molecule has 0 aliphatic carbocycles. The second-order valence-electron chi connectivity index (χ2n) is 6.67. The number of para-hydroxylation sites is 1. The van der Waals surface area contributed by atoms with E-state index >= 15 is 0 Å². The number of halogens is 1. The Morgan fingerprint density at radius 3 is 2.77 bits per heavy atom. The van der Waals surface area contributed by atoms with Crippen LogP contribution in [0.15, 0.2) is 71.2 Å². The molecule has 0 spiro atoms. The smallest absolute Gasteiger partial charge is 0.248 e. The molecule has 6 heteroatoms. The predicted octanol–water partition coefficient (Wildman–Crippen LogP) is 6.69. The molecule has 0 fully saturated rings. The summed E-state index contributed by atoms with van der Waals surface area (Å²) in [6.07, 6.45) is 3.25. The fourth-order valence-electron chi connectivity index (χ4n) is 3.17. The van der Waals surface area contributed by atoms with Crippen LogP contribution in [0.4, 0.5) is 5.69 Å². The van der Waals surface area contributed by atoms with Crippen molar-refractivity contribution in [1.29, 1.82) is 0 Å². The van der Waals surface area contributed by atoms with Crippen molar-refractivity contribution in [2.45, 2.75) is 6.92 Å². The molecule has 0 unspecified atom stereocenters. The van der Waals surface area contributed by atoms with Crippen molar-refractivity contribution in [3.05, 3.63) is 82.3 Å². The van der Waals surface area contributed by atoms with E-state index in [0.717, 1.165) is 42.1 Å². The third-order valence-electron chi connectivity index (χ3n) is 4.72. The van der Waals surface area contributed by atoms with E-state index in [0.29, 0.717) is 5.75 Å². The van der Waals surface area contributed by atoms with Crippen LogP contribution >= 0.6 is 27.3 Å². The summed E-state index contributed by atoms with van der Waals surface area (Å²) in [5.41, 5.74) is 4.58. The lowest BCUT2D eigenvalue weighted by molar-refractivity contribution is -0.111. The minimum atomic E-state index is -0.207. The maximum absolute atomic E-state index is 12.5. The molecule has 1 heterocycles. The average Bonchev–Trinajstić information content (AvgIpc) is 3.18. The number of anilines is 1. The van der Waals surface area contributed by atoms with Gasteiger partial charge in [0.2, 0.25) is 5.91 Å². The summed E-state index contributed by atoms with van der Waals surface area (Å²) in [5, 5.41) is 3.92. The number of hydrogen-bond donors (Lipinski definition) is 1. The maximum Gasteiger partial charge on any atom is 0.248 e. The lowest BCUT2D eigenvalue weighted by atomic mass is 10.1. The normalized spacial score (nSPS) is 11.2. The number of aromatic nitrogens is 1. The van der Waals surface area contributed by atoms with Crippen LogP contribution in [-0.4, -0.2) is 18.0 Å². The highest BCUT2D eigenvalue weighted by Gasteiger charge is 2.12. The van der Waals surface area contributed by atoms with Gasteiger partial charge in [-0.1, -0.05) is 40.2 Å². The van der Waals surface area contributed by atoms with Gasteiger partial charge in [-0.15, -0.1) is 11.3 Å². The second kappa shape index (κ2) is 8.81. The molecule has 150 valence electrons. The Balaban J connectivity index is 1.57. The molecule has 1 N–H and O–H groups in total. The van der Waals surface area contributed by atoms with E-state index in [9.17, 15) is 4.79 Å². The minimum absolute atomic E-state index is 0.207. The van der Waals surface area contributed by atoms with Crippen LogP contribution in [0.3, 0.4) is 0 Å². The molecule has 4 nitrogen and oxygen atoms in total. The number of rotatable bonds is 5. The van der Waals surface area contributed by atoms with E-state index in [2.05, 4.69) is 27.3 Å². The molecule has 0 radical (unpaired) electrons. The highest BCUT2D eigenvalue weighted by Crippen LogP contribution is 2.34. The van der Waals surface area contributed by atoms with Gasteiger partial charge in [-0.3, -0.25) is 4.79 Å². The van der Waals surface area contributed by atoms with Crippen molar-refractivity contribution in [1.82, 2.24) is 4.98 Å². The quantitative estimate of drug-likeness (QED) is 0.324. The number of benzene rings is 3. The van der Waals surface area contributed by atoms with Crippen molar-refractivity contribution >= 4 is 55.2 Å². The van der Waals surface area contributed by atoms with E-state index in [-0.39, 0.29) is 5.91 Å². The average molecular weight is 479 g/mol. The van der Waals surface area contributed by atoms with E-state index in [4.69, 9.17) is 9.72 Å². The number of ether oxygens (including phenoxy) is 1. The minimum Gasteiger partial charge on any atom is -0.496 e. The van der Waals surface area contributed by atoms with Crippen molar-refractivity contribution < 1.29 is 9.53 Å². The number of fused-ring (bicyclic) bond motifs is 1. The Morgan fingerprint density at radius 1 is 1.13 bits per heavy atom. The first-order valence-corrected chi connectivity index (χ1v) is 10.9. The zero-order valence-corrected chi connectivity index (χ0v) is 18.9. The second-order valence-corrected chi connectivity index (χ2v) is 8.62. The zero-order chi connectivity index (χ0) is 21.1.